The van der Waals surface area contributed by atoms with Crippen molar-refractivity contribution in [3.63, 3.8) is 0 Å². The number of nitrogens with zero attached hydrogens (tertiary/aromatic N) is 2. The lowest BCUT2D eigenvalue weighted by atomic mass is 9.66. The molecular weight excluding hydrogens is 444 g/mol. The fourth-order valence-corrected chi connectivity index (χ4v) is 4.99. The Morgan fingerprint density at radius 2 is 1.88 bits per heavy atom. The van der Waals surface area contributed by atoms with E-state index in [2.05, 4.69) is 15.7 Å². The van der Waals surface area contributed by atoms with Crippen LogP contribution in [0.25, 0.3) is 0 Å². The van der Waals surface area contributed by atoms with Gasteiger partial charge in [0.15, 0.2) is 17.0 Å². The number of benzene rings is 1. The summed E-state index contributed by atoms with van der Waals surface area (Å²) < 4.78 is 36.3. The third-order valence-corrected chi connectivity index (χ3v) is 6.18. The lowest BCUT2D eigenvalue weighted by Gasteiger charge is -2.55. The topological polar surface area (TPSA) is 149 Å². The molecule has 1 aromatic carbocycles. The zero-order chi connectivity index (χ0) is 24.2. The molecule has 4 N–H and O–H groups in total. The molecule has 13 heteroatoms. The van der Waals surface area contributed by atoms with Crippen LogP contribution in [-0.2, 0) is 20.7 Å². The van der Waals surface area contributed by atoms with Gasteiger partial charge in [-0.2, -0.15) is 5.10 Å². The Balaban J connectivity index is 1.93. The number of imide groups is 2. The minimum atomic E-state index is -1.85. The number of carbonyl (C=O) groups is 4. The van der Waals surface area contributed by atoms with Crippen LogP contribution in [0.3, 0.4) is 0 Å². The van der Waals surface area contributed by atoms with Crippen LogP contribution in [-0.4, -0.2) is 59.6 Å². The zero-order valence-corrected chi connectivity index (χ0v) is 17.9. The van der Waals surface area contributed by atoms with Gasteiger partial charge in [-0.05, 0) is 32.4 Å². The van der Waals surface area contributed by atoms with Gasteiger partial charge < -0.3 is 14.7 Å². The first kappa shape index (κ1) is 22.6. The highest BCUT2D eigenvalue weighted by atomic mass is 19.2. The van der Waals surface area contributed by atoms with Crippen molar-refractivity contribution in [2.75, 3.05) is 11.4 Å². The second kappa shape index (κ2) is 7.76. The summed E-state index contributed by atoms with van der Waals surface area (Å²) in [5.41, 5.74) is -0.618. The Labute approximate surface area is 186 Å². The van der Waals surface area contributed by atoms with Crippen LogP contribution in [0, 0.1) is 17.0 Å². The number of nitrogens with one attached hydrogen (secondary N) is 3. The number of barbiturate groups is 1. The molecule has 0 aromatic heterocycles. The van der Waals surface area contributed by atoms with Crippen LogP contribution >= 0.6 is 0 Å². The molecule has 3 aliphatic rings. The van der Waals surface area contributed by atoms with Crippen LogP contribution < -0.4 is 21.0 Å². The van der Waals surface area contributed by atoms with Crippen molar-refractivity contribution in [2.45, 2.75) is 45.4 Å². The number of carboxylic acid groups (broad SMARTS) is 1. The largest absolute Gasteiger partial charge is 0.464 e. The van der Waals surface area contributed by atoms with Crippen molar-refractivity contribution in [3.8, 4) is 0 Å². The Hall–Kier alpha value is -3.61. The Bertz CT molecular complexity index is 1100. The van der Waals surface area contributed by atoms with Crippen molar-refractivity contribution >= 4 is 35.3 Å². The summed E-state index contributed by atoms with van der Waals surface area (Å²) in [5, 5.41) is 16.5. The molecule has 1 aromatic rings. The molecule has 0 saturated carbocycles. The van der Waals surface area contributed by atoms with E-state index in [9.17, 15) is 19.2 Å². The highest BCUT2D eigenvalue weighted by Crippen LogP contribution is 2.48. The highest BCUT2D eigenvalue weighted by Gasteiger charge is 2.63. The molecule has 3 heterocycles. The summed E-state index contributed by atoms with van der Waals surface area (Å²) in [6.45, 7) is 4.67. The lowest BCUT2D eigenvalue weighted by Crippen LogP contribution is -2.75. The van der Waals surface area contributed by atoms with Gasteiger partial charge in [0.1, 0.15) is 0 Å². The normalized spacial score (nSPS) is 26.3. The van der Waals surface area contributed by atoms with E-state index in [1.165, 1.54) is 17.9 Å². The number of rotatable bonds is 2. The number of ether oxygens (including phenoxy) is 1. The average Bonchev–Trinajstić information content (AvgIpc) is 2.71. The van der Waals surface area contributed by atoms with E-state index >= 15 is 8.78 Å². The molecule has 0 radical (unpaired) electrons. The van der Waals surface area contributed by atoms with E-state index in [1.807, 2.05) is 0 Å². The highest BCUT2D eigenvalue weighted by molar-refractivity contribution is 6.20. The number of hydrogen-bond donors (Lipinski definition) is 4. The quantitative estimate of drug-likeness (QED) is 0.287. The number of fused-ring (bicyclic) bond motifs is 4. The number of amides is 5. The Kier molecular flexibility index (Phi) is 5.31. The van der Waals surface area contributed by atoms with Crippen molar-refractivity contribution in [1.29, 1.82) is 0 Å². The molecule has 176 valence electrons. The van der Waals surface area contributed by atoms with Crippen LogP contribution in [0.1, 0.15) is 31.9 Å². The summed E-state index contributed by atoms with van der Waals surface area (Å²) in [6.07, 6.45) is -3.01. The second-order valence-corrected chi connectivity index (χ2v) is 8.31. The summed E-state index contributed by atoms with van der Waals surface area (Å²) in [5.74, 6) is -4.21. The summed E-state index contributed by atoms with van der Waals surface area (Å²) in [4.78, 5) is 50.1. The molecule has 2 fully saturated rings. The van der Waals surface area contributed by atoms with Gasteiger partial charge in [0, 0.05) is 18.5 Å². The molecule has 0 bridgehead atoms. The van der Waals surface area contributed by atoms with E-state index in [4.69, 9.17) is 9.84 Å². The van der Waals surface area contributed by atoms with Gasteiger partial charge >= 0.3 is 12.1 Å². The summed E-state index contributed by atoms with van der Waals surface area (Å²) in [7, 11) is 0. The van der Waals surface area contributed by atoms with Crippen molar-refractivity contribution < 1.29 is 37.8 Å². The number of carbonyl (C=O) groups excluding carboxylic acids is 3. The first-order valence-corrected chi connectivity index (χ1v) is 10.1. The number of urea groups is 1. The maximum absolute atomic E-state index is 15.4. The molecule has 4 rings (SSSR count). The lowest BCUT2D eigenvalue weighted by molar-refractivity contribution is -0.153. The third-order valence-electron chi connectivity index (χ3n) is 6.18. The maximum Gasteiger partial charge on any atom is 0.425 e. The van der Waals surface area contributed by atoms with E-state index < -0.39 is 59.2 Å². The number of hydrazone groups is 1. The maximum atomic E-state index is 15.4. The van der Waals surface area contributed by atoms with Gasteiger partial charge in [0.25, 0.3) is 0 Å². The molecule has 0 aliphatic carbocycles. The van der Waals surface area contributed by atoms with Gasteiger partial charge in [-0.3, -0.25) is 20.2 Å². The smallest absolute Gasteiger partial charge is 0.425 e. The average molecular weight is 465 g/mol. The summed E-state index contributed by atoms with van der Waals surface area (Å²) in [6, 6.07) is -0.757. The van der Waals surface area contributed by atoms with E-state index in [-0.39, 0.29) is 35.5 Å². The van der Waals surface area contributed by atoms with E-state index in [0.29, 0.717) is 0 Å². The minimum absolute atomic E-state index is 0.0572. The predicted octanol–water partition coefficient (Wildman–Crippen LogP) is 0.847. The van der Waals surface area contributed by atoms with E-state index in [1.54, 1.807) is 19.3 Å². The fourth-order valence-electron chi connectivity index (χ4n) is 4.99. The van der Waals surface area contributed by atoms with E-state index in [0.717, 1.165) is 0 Å². The van der Waals surface area contributed by atoms with Crippen LogP contribution in [0.15, 0.2) is 11.2 Å². The monoisotopic (exact) mass is 465 g/mol. The molecular formula is C20H21F2N5O6. The number of halogens is 2. The van der Waals surface area contributed by atoms with Gasteiger partial charge in [-0.15, -0.1) is 0 Å². The van der Waals surface area contributed by atoms with Gasteiger partial charge in [-0.25, -0.2) is 23.8 Å². The molecule has 3 atom stereocenters. The fraction of sp³-hybridized carbons (Fsp3) is 0.450. The zero-order valence-electron chi connectivity index (χ0n) is 17.9. The molecule has 5 amide bonds. The van der Waals surface area contributed by atoms with Gasteiger partial charge in [0.05, 0.1) is 29.6 Å². The first-order valence-electron chi connectivity index (χ1n) is 10.1. The predicted molar refractivity (Wildman–Crippen MR) is 109 cm³/mol. The Morgan fingerprint density at radius 1 is 1.24 bits per heavy atom. The van der Waals surface area contributed by atoms with Gasteiger partial charge in [0.2, 0.25) is 11.8 Å². The molecule has 33 heavy (non-hydrogen) atoms. The number of morpholine rings is 1. The first-order chi connectivity index (χ1) is 15.5. The molecule has 3 aliphatic heterocycles. The van der Waals surface area contributed by atoms with Crippen molar-refractivity contribution in [3.05, 3.63) is 28.8 Å². The molecule has 2 saturated heterocycles. The minimum Gasteiger partial charge on any atom is -0.464 e. The molecule has 1 spiro atoms. The number of hydrogen-bond acceptors (Lipinski definition) is 7. The molecule has 11 nitrogen and oxygen atoms in total. The van der Waals surface area contributed by atoms with Gasteiger partial charge in [-0.1, -0.05) is 0 Å². The molecule has 0 unspecified atom stereocenters. The number of anilines is 1. The third kappa shape index (κ3) is 3.39. The van der Waals surface area contributed by atoms with Crippen LogP contribution in [0.2, 0.25) is 0 Å². The standard InChI is InChI=1S/C20H21F2N5O6/c1-7-6-27-14-10(4-11(12(21)13(14)22)8(2)25-26-19(31)32)5-20(15(27)9(3)33-7)16(28)23-18(30)24-17(20)29/h4,7,9,15,26H,5-6H2,1-3H3,(H,31,32)(H2,23,24,28,29,30)/b25-8+/t7-,9+,15-/m1/s1. The SMILES string of the molecule is C/C(=N\NC(=O)O)c1cc2c(c(F)c1F)N1C[C@@H](C)O[C@@H](C)[C@@H]1C1(C2)C(=O)NC(=O)NC1=O. The van der Waals surface area contributed by atoms with Crippen LogP contribution in [0.5, 0.6) is 0 Å². The second-order valence-electron chi connectivity index (χ2n) is 8.31. The van der Waals surface area contributed by atoms with Crippen LogP contribution in [0.4, 0.5) is 24.1 Å². The Morgan fingerprint density at radius 3 is 2.48 bits per heavy atom. The van der Waals surface area contributed by atoms with Crippen molar-refractivity contribution in [2.24, 2.45) is 10.5 Å². The summed E-state index contributed by atoms with van der Waals surface area (Å²) >= 11 is 0. The van der Waals surface area contributed by atoms with Crippen molar-refractivity contribution in [1.82, 2.24) is 16.1 Å².